The number of para-hydroxylation sites is 1. The second kappa shape index (κ2) is 3.97. The second-order valence-electron chi connectivity index (χ2n) is 3.74. The summed E-state index contributed by atoms with van der Waals surface area (Å²) in [5.74, 6) is 0. The van der Waals surface area contributed by atoms with Gasteiger partial charge in [-0.15, -0.1) is 0 Å². The zero-order valence-corrected chi connectivity index (χ0v) is 9.95. The number of fused-ring (bicyclic) bond motifs is 3. The third-order valence-corrected chi connectivity index (χ3v) is 2.89. The van der Waals surface area contributed by atoms with Crippen LogP contribution in [0.25, 0.3) is 10.9 Å². The minimum atomic E-state index is 0. The third-order valence-electron chi connectivity index (χ3n) is 2.89. The van der Waals surface area contributed by atoms with Crippen LogP contribution in [0.5, 0.6) is 0 Å². The van der Waals surface area contributed by atoms with Gasteiger partial charge in [0, 0.05) is 39.8 Å². The molecule has 1 aromatic heterocycles. The van der Waals surface area contributed by atoms with E-state index in [4.69, 9.17) is 0 Å². The van der Waals surface area contributed by atoms with Gasteiger partial charge in [-0.2, -0.15) is 0 Å². The van der Waals surface area contributed by atoms with Crippen molar-refractivity contribution >= 4 is 16.6 Å². The van der Waals surface area contributed by atoms with E-state index in [0.717, 1.165) is 18.7 Å². The first kappa shape index (κ1) is 10.7. The predicted molar refractivity (Wildman–Crippen MR) is 59.1 cm³/mol. The SMILES string of the molecule is CC1=NCCc2c1[nH]c1ccccc21.[Ag]. The molecule has 1 radical (unpaired) electrons. The largest absolute Gasteiger partial charge is 0.353 e. The molecular weight excluding hydrogens is 280 g/mol. The topological polar surface area (TPSA) is 28.1 Å². The molecule has 1 aliphatic heterocycles. The van der Waals surface area contributed by atoms with Crippen molar-refractivity contribution in [2.24, 2.45) is 4.99 Å². The van der Waals surface area contributed by atoms with Crippen molar-refractivity contribution in [3.8, 4) is 0 Å². The Kier molecular flexibility index (Phi) is 2.83. The number of benzene rings is 1. The molecular formula is C12H12AgN2. The molecule has 0 spiro atoms. The van der Waals surface area contributed by atoms with Crippen LogP contribution >= 0.6 is 0 Å². The molecule has 1 aromatic carbocycles. The number of nitrogens with zero attached hydrogens (tertiary/aromatic N) is 1. The fraction of sp³-hybridized carbons (Fsp3) is 0.250. The van der Waals surface area contributed by atoms with Crippen LogP contribution in [-0.4, -0.2) is 17.2 Å². The molecule has 2 heterocycles. The number of aromatic amines is 1. The monoisotopic (exact) mass is 291 g/mol. The Morgan fingerprint density at radius 1 is 1.27 bits per heavy atom. The van der Waals surface area contributed by atoms with Gasteiger partial charge in [-0.25, -0.2) is 0 Å². The van der Waals surface area contributed by atoms with Gasteiger partial charge in [-0.3, -0.25) is 4.99 Å². The summed E-state index contributed by atoms with van der Waals surface area (Å²) in [4.78, 5) is 7.89. The van der Waals surface area contributed by atoms with Crippen LogP contribution in [0.15, 0.2) is 29.3 Å². The smallest absolute Gasteiger partial charge is 0.0635 e. The number of aromatic nitrogens is 1. The van der Waals surface area contributed by atoms with Crippen molar-refractivity contribution in [3.05, 3.63) is 35.5 Å². The van der Waals surface area contributed by atoms with Gasteiger partial charge >= 0.3 is 0 Å². The molecule has 0 atom stereocenters. The standard InChI is InChI=1S/C12H12N2.Ag/c1-8-12-10(6-7-13-8)9-4-2-3-5-11(9)14-12;/h2-5,14H,6-7H2,1H3;. The van der Waals surface area contributed by atoms with E-state index in [1.54, 1.807) is 0 Å². The third kappa shape index (κ3) is 1.59. The quantitative estimate of drug-likeness (QED) is 0.723. The first-order valence-electron chi connectivity index (χ1n) is 4.97. The van der Waals surface area contributed by atoms with Crippen molar-refractivity contribution in [1.29, 1.82) is 0 Å². The number of aliphatic imine (C=N–C) groups is 1. The van der Waals surface area contributed by atoms with Crippen molar-refractivity contribution in [3.63, 3.8) is 0 Å². The van der Waals surface area contributed by atoms with E-state index in [-0.39, 0.29) is 22.4 Å². The molecule has 1 N–H and O–H groups in total. The minimum Gasteiger partial charge on any atom is -0.353 e. The van der Waals surface area contributed by atoms with Gasteiger partial charge in [0.1, 0.15) is 0 Å². The van der Waals surface area contributed by atoms with E-state index in [9.17, 15) is 0 Å². The van der Waals surface area contributed by atoms with Crippen molar-refractivity contribution < 1.29 is 22.4 Å². The van der Waals surface area contributed by atoms with E-state index in [0.29, 0.717) is 0 Å². The molecule has 81 valence electrons. The van der Waals surface area contributed by atoms with Crippen LogP contribution in [0.3, 0.4) is 0 Å². The van der Waals surface area contributed by atoms with Crippen molar-refractivity contribution in [2.75, 3.05) is 6.54 Å². The number of nitrogens with one attached hydrogen (secondary N) is 1. The summed E-state index contributed by atoms with van der Waals surface area (Å²) in [5.41, 5.74) is 5.04. The molecule has 0 bridgehead atoms. The van der Waals surface area contributed by atoms with Crippen LogP contribution in [0.4, 0.5) is 0 Å². The fourth-order valence-corrected chi connectivity index (χ4v) is 2.18. The molecule has 15 heavy (non-hydrogen) atoms. The van der Waals surface area contributed by atoms with E-state index in [1.807, 2.05) is 0 Å². The van der Waals surface area contributed by atoms with Gasteiger partial charge in [0.2, 0.25) is 0 Å². The summed E-state index contributed by atoms with van der Waals surface area (Å²) < 4.78 is 0. The van der Waals surface area contributed by atoms with E-state index in [1.165, 1.54) is 22.2 Å². The Hall–Kier alpha value is -0.830. The Morgan fingerprint density at radius 3 is 2.93 bits per heavy atom. The van der Waals surface area contributed by atoms with E-state index >= 15 is 0 Å². The van der Waals surface area contributed by atoms with E-state index < -0.39 is 0 Å². The Bertz CT molecular complexity index is 525. The Labute approximate surface area is 104 Å². The van der Waals surface area contributed by atoms with Gasteiger partial charge in [0.25, 0.3) is 0 Å². The Morgan fingerprint density at radius 2 is 2.07 bits per heavy atom. The predicted octanol–water partition coefficient (Wildman–Crippen LogP) is 2.53. The summed E-state index contributed by atoms with van der Waals surface area (Å²) in [6.45, 7) is 3.01. The summed E-state index contributed by atoms with van der Waals surface area (Å²) in [7, 11) is 0. The maximum atomic E-state index is 4.45. The molecule has 1 aliphatic rings. The summed E-state index contributed by atoms with van der Waals surface area (Å²) in [5, 5.41) is 1.36. The molecule has 0 saturated carbocycles. The van der Waals surface area contributed by atoms with Crippen LogP contribution in [0.1, 0.15) is 18.2 Å². The van der Waals surface area contributed by atoms with Crippen LogP contribution in [-0.2, 0) is 28.8 Å². The van der Waals surface area contributed by atoms with Crippen LogP contribution < -0.4 is 0 Å². The summed E-state index contributed by atoms with van der Waals surface area (Å²) >= 11 is 0. The average molecular weight is 292 g/mol. The molecule has 0 amide bonds. The molecule has 3 heteroatoms. The normalized spacial score (nSPS) is 14.3. The van der Waals surface area contributed by atoms with Gasteiger partial charge in [-0.05, 0) is 25.0 Å². The summed E-state index contributed by atoms with van der Waals surface area (Å²) in [6.07, 6.45) is 1.07. The van der Waals surface area contributed by atoms with Crippen LogP contribution in [0.2, 0.25) is 0 Å². The molecule has 0 fully saturated rings. The van der Waals surface area contributed by atoms with Gasteiger partial charge in [0.15, 0.2) is 0 Å². The first-order valence-corrected chi connectivity index (χ1v) is 4.97. The van der Waals surface area contributed by atoms with Crippen molar-refractivity contribution in [1.82, 2.24) is 4.98 Å². The maximum absolute atomic E-state index is 4.45. The molecule has 2 nitrogen and oxygen atoms in total. The molecule has 0 saturated heterocycles. The van der Waals surface area contributed by atoms with Gasteiger partial charge < -0.3 is 4.98 Å². The average Bonchev–Trinajstić information content (AvgIpc) is 2.59. The number of hydrogen-bond acceptors (Lipinski definition) is 1. The number of hydrogen-bond donors (Lipinski definition) is 1. The maximum Gasteiger partial charge on any atom is 0.0635 e. The minimum absolute atomic E-state index is 0. The zero-order valence-electron chi connectivity index (χ0n) is 8.47. The molecule has 2 aromatic rings. The molecule has 0 unspecified atom stereocenters. The number of rotatable bonds is 0. The second-order valence-corrected chi connectivity index (χ2v) is 3.74. The first-order chi connectivity index (χ1) is 6.86. The fourth-order valence-electron chi connectivity index (χ4n) is 2.18. The Balaban J connectivity index is 0.000000853. The summed E-state index contributed by atoms with van der Waals surface area (Å²) in [6, 6.07) is 8.47. The van der Waals surface area contributed by atoms with E-state index in [2.05, 4.69) is 41.2 Å². The van der Waals surface area contributed by atoms with Gasteiger partial charge in [-0.1, -0.05) is 18.2 Å². The zero-order chi connectivity index (χ0) is 9.54. The number of H-pyrrole nitrogens is 1. The van der Waals surface area contributed by atoms with Crippen molar-refractivity contribution in [2.45, 2.75) is 13.3 Å². The molecule has 3 rings (SSSR count). The van der Waals surface area contributed by atoms with Gasteiger partial charge in [0.05, 0.1) is 11.4 Å². The van der Waals surface area contributed by atoms with Crippen LogP contribution in [0, 0.1) is 0 Å². The molecule has 0 aliphatic carbocycles.